The molecule has 0 spiro atoms. The van der Waals surface area contributed by atoms with Crippen molar-refractivity contribution >= 4 is 11.7 Å². The van der Waals surface area contributed by atoms with Crippen LogP contribution in [0.25, 0.3) is 0 Å². The van der Waals surface area contributed by atoms with Crippen molar-refractivity contribution in [2.24, 2.45) is 0 Å². The summed E-state index contributed by atoms with van der Waals surface area (Å²) in [4.78, 5) is 28.0. The fourth-order valence-electron chi connectivity index (χ4n) is 5.43. The third kappa shape index (κ3) is 6.11. The van der Waals surface area contributed by atoms with E-state index in [0.29, 0.717) is 6.54 Å². The van der Waals surface area contributed by atoms with Crippen LogP contribution in [0.2, 0.25) is 0 Å². The minimum absolute atomic E-state index is 0.155. The molecule has 0 radical (unpaired) electrons. The Labute approximate surface area is 231 Å². The van der Waals surface area contributed by atoms with Gasteiger partial charge in [0.2, 0.25) is 5.91 Å². The molecule has 1 aliphatic rings. The van der Waals surface area contributed by atoms with Crippen LogP contribution in [0, 0.1) is 13.8 Å². The number of hydrogen-bond acceptors (Lipinski definition) is 5. The lowest BCUT2D eigenvalue weighted by Gasteiger charge is -2.28. The number of anilines is 1. The molecular formula is C33H36N4O2. The fraction of sp³-hybridized carbons (Fsp3) is 0.303. The fourth-order valence-corrected chi connectivity index (χ4v) is 5.43. The van der Waals surface area contributed by atoms with E-state index >= 15 is 0 Å². The van der Waals surface area contributed by atoms with Crippen molar-refractivity contribution in [1.82, 2.24) is 14.9 Å². The van der Waals surface area contributed by atoms with Gasteiger partial charge < -0.3 is 14.5 Å². The first-order valence-corrected chi connectivity index (χ1v) is 13.6. The quantitative estimate of drug-likeness (QED) is 0.319. The number of benzene rings is 3. The Kier molecular flexibility index (Phi) is 8.21. The summed E-state index contributed by atoms with van der Waals surface area (Å²) in [5, 5.41) is 0. The summed E-state index contributed by atoms with van der Waals surface area (Å²) in [7, 11) is 1.68. The van der Waals surface area contributed by atoms with Gasteiger partial charge in [0.15, 0.2) is 0 Å². The van der Waals surface area contributed by atoms with Gasteiger partial charge >= 0.3 is 0 Å². The van der Waals surface area contributed by atoms with Gasteiger partial charge in [-0.3, -0.25) is 4.79 Å². The van der Waals surface area contributed by atoms with Crippen LogP contribution in [0.4, 0.5) is 5.82 Å². The minimum atomic E-state index is -0.312. The largest absolute Gasteiger partial charge is 0.497 e. The summed E-state index contributed by atoms with van der Waals surface area (Å²) in [6.07, 6.45) is 1.63. The zero-order valence-electron chi connectivity index (χ0n) is 23.0. The second-order valence-electron chi connectivity index (χ2n) is 10.1. The molecule has 3 aromatic carbocycles. The Morgan fingerprint density at radius 1 is 0.821 bits per heavy atom. The molecule has 1 aromatic heterocycles. The molecule has 5 rings (SSSR count). The zero-order valence-corrected chi connectivity index (χ0v) is 23.0. The SMILES string of the molecule is COc1ccc(Cc2c(C)nc(C)nc2N2CCCN(C(=O)C(c3ccccc3)c3ccccc3)CC2)cc1. The summed E-state index contributed by atoms with van der Waals surface area (Å²) in [6.45, 7) is 6.96. The smallest absolute Gasteiger partial charge is 0.234 e. The predicted molar refractivity (Wildman–Crippen MR) is 155 cm³/mol. The van der Waals surface area contributed by atoms with Crippen molar-refractivity contribution < 1.29 is 9.53 Å². The van der Waals surface area contributed by atoms with Crippen molar-refractivity contribution in [1.29, 1.82) is 0 Å². The van der Waals surface area contributed by atoms with Crippen molar-refractivity contribution in [3.63, 3.8) is 0 Å². The molecule has 6 heteroatoms. The van der Waals surface area contributed by atoms with Gasteiger partial charge in [-0.15, -0.1) is 0 Å². The normalized spacial score (nSPS) is 13.8. The van der Waals surface area contributed by atoms with E-state index in [1.165, 1.54) is 5.56 Å². The molecule has 0 unspecified atom stereocenters. The highest BCUT2D eigenvalue weighted by molar-refractivity contribution is 5.87. The van der Waals surface area contributed by atoms with E-state index in [0.717, 1.165) is 72.3 Å². The molecule has 0 aliphatic carbocycles. The van der Waals surface area contributed by atoms with Gasteiger partial charge in [-0.1, -0.05) is 72.8 Å². The van der Waals surface area contributed by atoms with Gasteiger partial charge in [0.05, 0.1) is 13.0 Å². The van der Waals surface area contributed by atoms with Crippen LogP contribution in [0.1, 0.15) is 46.1 Å². The van der Waals surface area contributed by atoms with Gasteiger partial charge in [-0.2, -0.15) is 0 Å². The number of carbonyl (C=O) groups is 1. The van der Waals surface area contributed by atoms with Crippen LogP contribution >= 0.6 is 0 Å². The molecule has 200 valence electrons. The van der Waals surface area contributed by atoms with E-state index in [1.807, 2.05) is 60.4 Å². The van der Waals surface area contributed by atoms with Crippen LogP contribution in [0.3, 0.4) is 0 Å². The average molecular weight is 521 g/mol. The number of ether oxygens (including phenoxy) is 1. The van der Waals surface area contributed by atoms with Crippen LogP contribution < -0.4 is 9.64 Å². The standard InChI is InChI=1S/C33H36N4O2/c1-24-30(23-26-15-17-29(39-3)18-16-26)32(35-25(2)34-24)36-19-10-20-37(22-21-36)33(38)31(27-11-6-4-7-12-27)28-13-8-5-9-14-28/h4-9,11-18,31H,10,19-23H2,1-3H3. The molecule has 0 atom stereocenters. The van der Waals surface area contributed by atoms with Gasteiger partial charge in [0.1, 0.15) is 17.4 Å². The third-order valence-corrected chi connectivity index (χ3v) is 7.46. The number of hydrogen-bond donors (Lipinski definition) is 0. The Hall–Kier alpha value is -4.19. The molecule has 6 nitrogen and oxygen atoms in total. The Morgan fingerprint density at radius 2 is 1.46 bits per heavy atom. The molecule has 0 bridgehead atoms. The van der Waals surface area contributed by atoms with E-state index in [4.69, 9.17) is 9.72 Å². The monoisotopic (exact) mass is 520 g/mol. The molecular weight excluding hydrogens is 484 g/mol. The highest BCUT2D eigenvalue weighted by atomic mass is 16.5. The second-order valence-corrected chi connectivity index (χ2v) is 10.1. The maximum Gasteiger partial charge on any atom is 0.234 e. The number of aryl methyl sites for hydroxylation is 2. The van der Waals surface area contributed by atoms with E-state index in [2.05, 4.69) is 53.2 Å². The van der Waals surface area contributed by atoms with E-state index in [1.54, 1.807) is 7.11 Å². The Balaban J connectivity index is 1.38. The number of amides is 1. The average Bonchev–Trinajstić information content (AvgIpc) is 3.22. The number of carbonyl (C=O) groups excluding carboxylic acids is 1. The molecule has 1 saturated heterocycles. The molecule has 0 N–H and O–H groups in total. The zero-order chi connectivity index (χ0) is 27.2. The minimum Gasteiger partial charge on any atom is -0.497 e. The summed E-state index contributed by atoms with van der Waals surface area (Å²) in [6, 6.07) is 28.4. The second kappa shape index (κ2) is 12.1. The summed E-state index contributed by atoms with van der Waals surface area (Å²) >= 11 is 0. The molecule has 1 aliphatic heterocycles. The highest BCUT2D eigenvalue weighted by Gasteiger charge is 2.29. The van der Waals surface area contributed by atoms with Crippen molar-refractivity contribution in [3.05, 3.63) is 119 Å². The number of rotatable bonds is 7. The van der Waals surface area contributed by atoms with Gasteiger partial charge in [-0.25, -0.2) is 9.97 Å². The third-order valence-electron chi connectivity index (χ3n) is 7.46. The van der Waals surface area contributed by atoms with Gasteiger partial charge in [-0.05, 0) is 49.1 Å². The van der Waals surface area contributed by atoms with Gasteiger partial charge in [0, 0.05) is 43.9 Å². The van der Waals surface area contributed by atoms with Crippen LogP contribution in [0.5, 0.6) is 5.75 Å². The Bertz CT molecular complexity index is 1350. The Morgan fingerprint density at radius 3 is 2.08 bits per heavy atom. The summed E-state index contributed by atoms with van der Waals surface area (Å²) < 4.78 is 5.33. The van der Waals surface area contributed by atoms with Gasteiger partial charge in [0.25, 0.3) is 0 Å². The first-order valence-electron chi connectivity index (χ1n) is 13.6. The lowest BCUT2D eigenvalue weighted by molar-refractivity contribution is -0.131. The molecule has 4 aromatic rings. The molecule has 39 heavy (non-hydrogen) atoms. The van der Waals surface area contributed by atoms with E-state index < -0.39 is 0 Å². The summed E-state index contributed by atoms with van der Waals surface area (Å²) in [5.41, 5.74) is 5.38. The first-order chi connectivity index (χ1) is 19.0. The van der Waals surface area contributed by atoms with Crippen molar-refractivity contribution in [2.45, 2.75) is 32.6 Å². The lowest BCUT2D eigenvalue weighted by atomic mass is 9.90. The summed E-state index contributed by atoms with van der Waals surface area (Å²) in [5.74, 6) is 2.44. The maximum absolute atomic E-state index is 14.0. The lowest BCUT2D eigenvalue weighted by Crippen LogP contribution is -2.39. The number of aromatic nitrogens is 2. The van der Waals surface area contributed by atoms with Crippen LogP contribution in [-0.4, -0.2) is 54.1 Å². The van der Waals surface area contributed by atoms with Crippen LogP contribution in [-0.2, 0) is 11.2 Å². The van der Waals surface area contributed by atoms with E-state index in [-0.39, 0.29) is 11.8 Å². The van der Waals surface area contributed by atoms with Crippen molar-refractivity contribution in [3.8, 4) is 5.75 Å². The highest BCUT2D eigenvalue weighted by Crippen LogP contribution is 2.29. The topological polar surface area (TPSA) is 58.6 Å². The number of nitrogens with zero attached hydrogens (tertiary/aromatic N) is 4. The molecule has 1 fully saturated rings. The molecule has 0 saturated carbocycles. The maximum atomic E-state index is 14.0. The van der Waals surface area contributed by atoms with Crippen molar-refractivity contribution in [2.75, 3.05) is 38.2 Å². The predicted octanol–water partition coefficient (Wildman–Crippen LogP) is 5.56. The molecule has 1 amide bonds. The number of methoxy groups -OCH3 is 1. The van der Waals surface area contributed by atoms with E-state index in [9.17, 15) is 4.79 Å². The first kappa shape index (κ1) is 26.4. The molecule has 2 heterocycles. The van der Waals surface area contributed by atoms with Crippen LogP contribution in [0.15, 0.2) is 84.9 Å².